The summed E-state index contributed by atoms with van der Waals surface area (Å²) in [6.07, 6.45) is 0. The van der Waals surface area contributed by atoms with E-state index >= 15 is 0 Å². The molecule has 0 aliphatic heterocycles. The Morgan fingerprint density at radius 3 is 1.56 bits per heavy atom. The normalized spacial score (nSPS) is 13.1. The van der Waals surface area contributed by atoms with Crippen LogP contribution in [0.3, 0.4) is 0 Å². The zero-order valence-corrected chi connectivity index (χ0v) is 31.2. The van der Waals surface area contributed by atoms with Crippen molar-refractivity contribution in [3.05, 3.63) is 241 Å². The Balaban J connectivity index is 1.01. The Kier molecular flexibility index (Phi) is 6.88. The van der Waals surface area contributed by atoms with Crippen LogP contribution in [0.5, 0.6) is 0 Å². The molecule has 2 aliphatic rings. The van der Waals surface area contributed by atoms with Crippen molar-refractivity contribution >= 4 is 38.9 Å². The van der Waals surface area contributed by atoms with E-state index in [1.165, 1.54) is 77.4 Å². The first kappa shape index (κ1) is 31.9. The fourth-order valence-corrected chi connectivity index (χ4v) is 10.2. The van der Waals surface area contributed by atoms with Crippen LogP contribution in [0, 0.1) is 0 Å². The molecule has 266 valence electrons. The highest BCUT2D eigenvalue weighted by atomic mass is 15.1. The van der Waals surface area contributed by atoms with Gasteiger partial charge in [-0.25, -0.2) is 0 Å². The van der Waals surface area contributed by atoms with Gasteiger partial charge in [0.25, 0.3) is 0 Å². The Morgan fingerprint density at radius 2 is 0.842 bits per heavy atom. The highest BCUT2D eigenvalue weighted by molar-refractivity contribution is 6.11. The molecule has 12 rings (SSSR count). The predicted molar refractivity (Wildman–Crippen MR) is 237 cm³/mol. The molecule has 9 aromatic carbocycles. The highest BCUT2D eigenvalue weighted by Crippen LogP contribution is 2.64. The summed E-state index contributed by atoms with van der Waals surface area (Å²) >= 11 is 0. The molecule has 10 aromatic rings. The zero-order valence-electron chi connectivity index (χ0n) is 31.2. The Morgan fingerprint density at radius 1 is 0.333 bits per heavy atom. The maximum absolute atomic E-state index is 2.38. The van der Waals surface area contributed by atoms with Crippen molar-refractivity contribution in [1.82, 2.24) is 4.57 Å². The average molecular weight is 725 g/mol. The van der Waals surface area contributed by atoms with Gasteiger partial charge in [0.2, 0.25) is 0 Å². The molecular formula is C55H36N2. The number of hydrogen-bond acceptors (Lipinski definition) is 1. The molecule has 1 heterocycles. The van der Waals surface area contributed by atoms with E-state index in [1.54, 1.807) is 0 Å². The van der Waals surface area contributed by atoms with E-state index < -0.39 is 0 Å². The van der Waals surface area contributed by atoms with Gasteiger partial charge in [-0.1, -0.05) is 158 Å². The Hall–Kier alpha value is -7.42. The Bertz CT molecular complexity index is 3130. The van der Waals surface area contributed by atoms with Crippen LogP contribution in [0.15, 0.2) is 218 Å². The molecule has 2 heteroatoms. The van der Waals surface area contributed by atoms with Crippen molar-refractivity contribution < 1.29 is 0 Å². The number of hydrogen-bond donors (Lipinski definition) is 0. The number of aromatic nitrogens is 1. The van der Waals surface area contributed by atoms with Crippen molar-refractivity contribution in [2.75, 3.05) is 4.90 Å². The molecule has 1 aromatic heterocycles. The second-order valence-corrected chi connectivity index (χ2v) is 15.2. The zero-order chi connectivity index (χ0) is 37.5. The van der Waals surface area contributed by atoms with Crippen LogP contribution in [0.4, 0.5) is 17.1 Å². The molecule has 0 bridgehead atoms. The minimum Gasteiger partial charge on any atom is -0.310 e. The molecule has 0 atom stereocenters. The molecule has 0 unspecified atom stereocenters. The van der Waals surface area contributed by atoms with Crippen LogP contribution in [0.2, 0.25) is 0 Å². The van der Waals surface area contributed by atoms with Gasteiger partial charge in [0, 0.05) is 33.5 Å². The van der Waals surface area contributed by atoms with E-state index in [0.717, 1.165) is 22.7 Å². The molecule has 0 amide bonds. The maximum atomic E-state index is 2.38. The SMILES string of the molecule is c1ccc(N(c2ccc(-c3cccc4c3-c3ccccc3C43c4ccccc4-c4ccccc43)cc2)c2ccc3c(c2)c2ccccc2n3-c2ccccc2)cc1. The summed E-state index contributed by atoms with van der Waals surface area (Å²) in [5.41, 5.74) is 19.8. The summed E-state index contributed by atoms with van der Waals surface area (Å²) in [7, 11) is 0. The summed E-state index contributed by atoms with van der Waals surface area (Å²) in [4.78, 5) is 2.38. The molecular weight excluding hydrogens is 689 g/mol. The van der Waals surface area contributed by atoms with Crippen LogP contribution in [-0.2, 0) is 5.41 Å². The van der Waals surface area contributed by atoms with E-state index in [1.807, 2.05) is 0 Å². The first-order valence-corrected chi connectivity index (χ1v) is 19.8. The van der Waals surface area contributed by atoms with Gasteiger partial charge < -0.3 is 9.47 Å². The molecule has 2 aliphatic carbocycles. The third-order valence-electron chi connectivity index (χ3n) is 12.4. The van der Waals surface area contributed by atoms with E-state index in [0.29, 0.717) is 0 Å². The lowest BCUT2D eigenvalue weighted by Gasteiger charge is -2.30. The van der Waals surface area contributed by atoms with Crippen LogP contribution < -0.4 is 4.90 Å². The number of benzene rings is 9. The number of anilines is 3. The van der Waals surface area contributed by atoms with Gasteiger partial charge in [-0.3, -0.25) is 0 Å². The second-order valence-electron chi connectivity index (χ2n) is 15.2. The number of fused-ring (bicyclic) bond motifs is 13. The van der Waals surface area contributed by atoms with Crippen LogP contribution in [-0.4, -0.2) is 4.57 Å². The van der Waals surface area contributed by atoms with Crippen molar-refractivity contribution in [2.24, 2.45) is 0 Å². The molecule has 0 N–H and O–H groups in total. The highest BCUT2D eigenvalue weighted by Gasteiger charge is 2.51. The molecule has 2 nitrogen and oxygen atoms in total. The second kappa shape index (κ2) is 12.3. The molecule has 1 spiro atoms. The molecule has 0 saturated heterocycles. The number of para-hydroxylation sites is 3. The van der Waals surface area contributed by atoms with Crippen molar-refractivity contribution in [3.8, 4) is 39.1 Å². The first-order chi connectivity index (χ1) is 28.3. The van der Waals surface area contributed by atoms with Crippen LogP contribution in [0.25, 0.3) is 60.9 Å². The first-order valence-electron chi connectivity index (χ1n) is 19.8. The van der Waals surface area contributed by atoms with E-state index in [9.17, 15) is 0 Å². The van der Waals surface area contributed by atoms with Crippen LogP contribution >= 0.6 is 0 Å². The molecule has 57 heavy (non-hydrogen) atoms. The molecule has 0 radical (unpaired) electrons. The fraction of sp³-hybridized carbons (Fsp3) is 0.0182. The third kappa shape index (κ3) is 4.47. The minimum atomic E-state index is -0.360. The van der Waals surface area contributed by atoms with E-state index in [-0.39, 0.29) is 5.41 Å². The standard InChI is InChI=1S/C55H36N2/c1-3-16-38(17-4-1)56(41-34-35-53-47(36-41)45-22-10-14-29-52(45)57(53)39-18-5-2-6-19-39)40-32-30-37(31-33-40)42-24-15-28-51-54(42)46-23-9-13-27-50(46)55(51)48-25-11-7-20-43(48)44-21-8-12-26-49(44)55/h1-36H. The average Bonchev–Trinajstić information content (AvgIpc) is 3.89. The van der Waals surface area contributed by atoms with Crippen molar-refractivity contribution in [2.45, 2.75) is 5.41 Å². The summed E-state index contributed by atoms with van der Waals surface area (Å²) < 4.78 is 2.37. The fourth-order valence-electron chi connectivity index (χ4n) is 10.2. The third-order valence-corrected chi connectivity index (χ3v) is 12.4. The number of nitrogens with zero attached hydrogens (tertiary/aromatic N) is 2. The van der Waals surface area contributed by atoms with Crippen LogP contribution in [0.1, 0.15) is 22.3 Å². The van der Waals surface area contributed by atoms with Gasteiger partial charge in [0.05, 0.1) is 16.4 Å². The van der Waals surface area contributed by atoms with E-state index in [4.69, 9.17) is 0 Å². The van der Waals surface area contributed by atoms with Crippen molar-refractivity contribution in [3.63, 3.8) is 0 Å². The lowest BCUT2D eigenvalue weighted by Crippen LogP contribution is -2.25. The summed E-state index contributed by atoms with van der Waals surface area (Å²) in [5.74, 6) is 0. The summed E-state index contributed by atoms with van der Waals surface area (Å²) in [6.45, 7) is 0. The number of rotatable bonds is 5. The Labute approximate surface area is 332 Å². The largest absolute Gasteiger partial charge is 0.310 e. The summed E-state index contributed by atoms with van der Waals surface area (Å²) in [6, 6.07) is 80.3. The van der Waals surface area contributed by atoms with Gasteiger partial charge in [-0.05, 0) is 116 Å². The lowest BCUT2D eigenvalue weighted by molar-refractivity contribution is 0.794. The van der Waals surface area contributed by atoms with Gasteiger partial charge in [0.1, 0.15) is 0 Å². The smallest absolute Gasteiger partial charge is 0.0725 e. The minimum absolute atomic E-state index is 0.360. The quantitative estimate of drug-likeness (QED) is 0.172. The monoisotopic (exact) mass is 724 g/mol. The molecule has 0 saturated carbocycles. The topological polar surface area (TPSA) is 8.17 Å². The maximum Gasteiger partial charge on any atom is 0.0725 e. The molecule has 0 fully saturated rings. The van der Waals surface area contributed by atoms with Gasteiger partial charge >= 0.3 is 0 Å². The van der Waals surface area contributed by atoms with E-state index in [2.05, 4.69) is 228 Å². The van der Waals surface area contributed by atoms with Gasteiger partial charge in [-0.2, -0.15) is 0 Å². The summed E-state index contributed by atoms with van der Waals surface area (Å²) in [5, 5.41) is 2.47. The lowest BCUT2D eigenvalue weighted by atomic mass is 9.70. The predicted octanol–water partition coefficient (Wildman–Crippen LogP) is 14.3. The van der Waals surface area contributed by atoms with Crippen molar-refractivity contribution in [1.29, 1.82) is 0 Å². The van der Waals surface area contributed by atoms with Gasteiger partial charge in [-0.15, -0.1) is 0 Å². The van der Waals surface area contributed by atoms with Gasteiger partial charge in [0.15, 0.2) is 0 Å².